The average molecular weight is 412 g/mol. The van der Waals surface area contributed by atoms with Crippen LogP contribution in [-0.2, 0) is 16.0 Å². The van der Waals surface area contributed by atoms with Crippen molar-refractivity contribution in [1.29, 1.82) is 0 Å². The predicted molar refractivity (Wildman–Crippen MR) is 110 cm³/mol. The van der Waals surface area contributed by atoms with Crippen LogP contribution in [0.15, 0.2) is 18.5 Å². The van der Waals surface area contributed by atoms with Crippen LogP contribution in [0.5, 0.6) is 0 Å². The van der Waals surface area contributed by atoms with E-state index in [4.69, 9.17) is 4.74 Å². The minimum Gasteiger partial charge on any atom is -0.446 e. The maximum atomic E-state index is 12.4. The molecule has 1 saturated carbocycles. The van der Waals surface area contributed by atoms with Crippen molar-refractivity contribution in [2.24, 2.45) is 0 Å². The molecule has 3 heterocycles. The molecule has 0 aromatic carbocycles. The summed E-state index contributed by atoms with van der Waals surface area (Å²) in [7, 11) is 0. The zero-order valence-electron chi connectivity index (χ0n) is 17.6. The third-order valence-corrected chi connectivity index (χ3v) is 5.98. The van der Waals surface area contributed by atoms with Crippen molar-refractivity contribution in [3.05, 3.63) is 35.5 Å². The fraction of sp³-hybridized carbons (Fsp3) is 0.571. The van der Waals surface area contributed by atoms with E-state index in [1.165, 1.54) is 0 Å². The van der Waals surface area contributed by atoms with Crippen molar-refractivity contribution in [2.45, 2.75) is 77.0 Å². The number of H-pyrrole nitrogens is 1. The minimum absolute atomic E-state index is 0.0797. The van der Waals surface area contributed by atoms with Crippen LogP contribution in [0.4, 0.5) is 10.6 Å². The summed E-state index contributed by atoms with van der Waals surface area (Å²) in [5, 5.41) is 10.0. The second-order valence-corrected chi connectivity index (χ2v) is 8.44. The molecule has 1 aliphatic heterocycles. The Hall–Kier alpha value is -2.97. The summed E-state index contributed by atoms with van der Waals surface area (Å²) >= 11 is 0. The monoisotopic (exact) mass is 412 g/mol. The Labute approximate surface area is 175 Å². The number of rotatable bonds is 5. The smallest absolute Gasteiger partial charge is 0.410 e. The van der Waals surface area contributed by atoms with E-state index in [-0.39, 0.29) is 42.5 Å². The van der Waals surface area contributed by atoms with Gasteiger partial charge in [-0.1, -0.05) is 0 Å². The molecule has 2 amide bonds. The largest absolute Gasteiger partial charge is 0.446 e. The van der Waals surface area contributed by atoms with Crippen molar-refractivity contribution in [3.63, 3.8) is 0 Å². The number of amides is 2. The molecule has 4 atom stereocenters. The van der Waals surface area contributed by atoms with Crippen LogP contribution in [0.3, 0.4) is 0 Å². The highest BCUT2D eigenvalue weighted by Crippen LogP contribution is 2.37. The Morgan fingerprint density at radius 2 is 2.00 bits per heavy atom. The van der Waals surface area contributed by atoms with Gasteiger partial charge in [-0.15, -0.1) is 0 Å². The van der Waals surface area contributed by atoms with Crippen LogP contribution in [0.2, 0.25) is 0 Å². The van der Waals surface area contributed by atoms with Gasteiger partial charge in [-0.2, -0.15) is 5.10 Å². The van der Waals surface area contributed by atoms with E-state index in [9.17, 15) is 9.59 Å². The molecule has 9 nitrogen and oxygen atoms in total. The number of hydrogen-bond donors (Lipinski definition) is 2. The maximum Gasteiger partial charge on any atom is 0.410 e. The van der Waals surface area contributed by atoms with Gasteiger partial charge in [0.05, 0.1) is 17.8 Å². The van der Waals surface area contributed by atoms with Gasteiger partial charge in [0.2, 0.25) is 5.91 Å². The number of carbonyl (C=O) groups excluding carboxylic acids is 2. The lowest BCUT2D eigenvalue weighted by Gasteiger charge is -2.44. The molecular weight excluding hydrogens is 384 g/mol. The van der Waals surface area contributed by atoms with E-state index >= 15 is 0 Å². The lowest BCUT2D eigenvalue weighted by atomic mass is 9.97. The number of carbonyl (C=O) groups is 2. The normalized spacial score (nSPS) is 25.6. The maximum absolute atomic E-state index is 12.4. The van der Waals surface area contributed by atoms with Crippen molar-refractivity contribution < 1.29 is 14.3 Å². The van der Waals surface area contributed by atoms with Crippen molar-refractivity contribution in [2.75, 3.05) is 5.32 Å². The van der Waals surface area contributed by atoms with Crippen molar-refractivity contribution in [1.82, 2.24) is 25.1 Å². The molecule has 160 valence electrons. The summed E-state index contributed by atoms with van der Waals surface area (Å²) in [5.41, 5.74) is 2.37. The van der Waals surface area contributed by atoms with E-state index in [0.29, 0.717) is 11.5 Å². The van der Waals surface area contributed by atoms with Gasteiger partial charge in [0.15, 0.2) is 5.82 Å². The number of aromatic amines is 1. The summed E-state index contributed by atoms with van der Waals surface area (Å²) in [5.74, 6) is 0.524. The number of aromatic nitrogens is 4. The van der Waals surface area contributed by atoms with E-state index < -0.39 is 0 Å². The highest BCUT2D eigenvalue weighted by molar-refractivity contribution is 5.91. The van der Waals surface area contributed by atoms with Crippen molar-refractivity contribution in [3.8, 4) is 0 Å². The fourth-order valence-corrected chi connectivity index (χ4v) is 4.38. The Morgan fingerprint density at radius 3 is 2.70 bits per heavy atom. The molecule has 2 aromatic heterocycles. The second kappa shape index (κ2) is 8.41. The number of aryl methyl sites for hydroxylation is 1. The van der Waals surface area contributed by atoms with Crippen LogP contribution in [0.1, 0.15) is 62.5 Å². The number of nitrogens with zero attached hydrogens (tertiary/aromatic N) is 4. The van der Waals surface area contributed by atoms with Crippen LogP contribution < -0.4 is 5.32 Å². The zero-order chi connectivity index (χ0) is 21.3. The number of ether oxygens (including phenoxy) is 1. The first kappa shape index (κ1) is 20.3. The molecular formula is C21H28N6O3. The quantitative estimate of drug-likeness (QED) is 0.781. The first-order valence-electron chi connectivity index (χ1n) is 10.5. The van der Waals surface area contributed by atoms with Gasteiger partial charge in [0.25, 0.3) is 0 Å². The molecule has 2 fully saturated rings. The van der Waals surface area contributed by atoms with Crippen LogP contribution in [-0.4, -0.2) is 55.3 Å². The molecule has 1 saturated heterocycles. The Morgan fingerprint density at radius 1 is 1.20 bits per heavy atom. The summed E-state index contributed by atoms with van der Waals surface area (Å²) in [6, 6.07) is 2.37. The molecule has 9 heteroatoms. The van der Waals surface area contributed by atoms with Gasteiger partial charge in [0, 0.05) is 42.2 Å². The highest BCUT2D eigenvalue weighted by Gasteiger charge is 2.39. The second-order valence-electron chi connectivity index (χ2n) is 8.44. The molecule has 0 radical (unpaired) electrons. The third kappa shape index (κ3) is 4.44. The highest BCUT2D eigenvalue weighted by atomic mass is 16.6. The molecule has 0 bridgehead atoms. The Kier molecular flexibility index (Phi) is 5.69. The summed E-state index contributed by atoms with van der Waals surface area (Å²) in [6.45, 7) is 5.94. The topological polar surface area (TPSA) is 113 Å². The molecule has 2 N–H and O–H groups in total. The van der Waals surface area contributed by atoms with Gasteiger partial charge < -0.3 is 15.0 Å². The van der Waals surface area contributed by atoms with Gasteiger partial charge in [-0.25, -0.2) is 4.79 Å². The predicted octanol–water partition coefficient (Wildman–Crippen LogP) is 2.94. The van der Waals surface area contributed by atoms with Gasteiger partial charge >= 0.3 is 6.09 Å². The van der Waals surface area contributed by atoms with E-state index in [1.807, 2.05) is 31.7 Å². The summed E-state index contributed by atoms with van der Waals surface area (Å²) < 4.78 is 5.72. The first-order chi connectivity index (χ1) is 14.4. The van der Waals surface area contributed by atoms with E-state index in [2.05, 4.69) is 25.5 Å². The number of hydrogen-bond acceptors (Lipinski definition) is 6. The molecule has 0 spiro atoms. The van der Waals surface area contributed by atoms with Gasteiger partial charge in [-0.3, -0.25) is 19.9 Å². The molecule has 2 aromatic rings. The number of likely N-dealkylation sites (tertiary alicyclic amines) is 1. The number of anilines is 1. The summed E-state index contributed by atoms with van der Waals surface area (Å²) in [4.78, 5) is 34.8. The first-order valence-corrected chi connectivity index (χ1v) is 10.5. The SMILES string of the molecule is Cc1cnc(CC(=O)Nc2cc([C@H]3CC[C@@H](OC(=O)N4[C@@H](C)C[C@@H]4C)C3)[nH]n2)cn1. The summed E-state index contributed by atoms with van der Waals surface area (Å²) in [6.07, 6.45) is 6.64. The molecule has 30 heavy (non-hydrogen) atoms. The third-order valence-electron chi connectivity index (χ3n) is 5.98. The Bertz CT molecular complexity index is 904. The van der Waals surface area contributed by atoms with Gasteiger partial charge in [-0.05, 0) is 46.5 Å². The van der Waals surface area contributed by atoms with Crippen LogP contribution in [0, 0.1) is 6.92 Å². The average Bonchev–Trinajstić information content (AvgIpc) is 3.32. The van der Waals surface area contributed by atoms with Gasteiger partial charge in [0.1, 0.15) is 6.10 Å². The lowest BCUT2D eigenvalue weighted by Crippen LogP contribution is -2.56. The fourth-order valence-electron chi connectivity index (χ4n) is 4.38. The Balaban J connectivity index is 1.27. The minimum atomic E-state index is -0.205. The van der Waals surface area contributed by atoms with Crippen molar-refractivity contribution >= 4 is 17.8 Å². The number of nitrogens with one attached hydrogen (secondary N) is 2. The molecule has 2 aliphatic rings. The van der Waals surface area contributed by atoms with Crippen LogP contribution >= 0.6 is 0 Å². The van der Waals surface area contributed by atoms with E-state index in [1.54, 1.807) is 12.4 Å². The van der Waals surface area contributed by atoms with Crippen LogP contribution in [0.25, 0.3) is 0 Å². The molecule has 4 rings (SSSR count). The zero-order valence-corrected chi connectivity index (χ0v) is 17.6. The molecule has 1 aliphatic carbocycles. The van der Waals surface area contributed by atoms with E-state index in [0.717, 1.165) is 37.1 Å². The standard InChI is InChI=1S/C21H28N6O3/c1-12-10-23-16(11-22-12)8-20(28)24-19-9-18(25-26-19)15-4-5-17(7-15)30-21(29)27-13(2)6-14(27)3/h9-11,13-15,17H,4-8H2,1-3H3,(H2,24,25,26,28)/t13-,14-,15-,17+/m0/s1. The molecule has 0 unspecified atom stereocenters. The lowest BCUT2D eigenvalue weighted by molar-refractivity contribution is -0.115.